The first-order chi connectivity index (χ1) is 5.61. The van der Waals surface area contributed by atoms with Crippen molar-refractivity contribution in [3.8, 4) is 0 Å². The van der Waals surface area contributed by atoms with Gasteiger partial charge in [-0.2, -0.15) is 0 Å². The molecule has 1 amide bonds. The van der Waals surface area contributed by atoms with Crippen LogP contribution >= 0.6 is 0 Å². The van der Waals surface area contributed by atoms with E-state index in [4.69, 9.17) is 5.11 Å². The molecule has 1 saturated heterocycles. The second kappa shape index (κ2) is 2.36. The number of likely N-dealkylation sites (tertiary alicyclic amines) is 1. The van der Waals surface area contributed by atoms with E-state index in [-0.39, 0.29) is 6.04 Å². The van der Waals surface area contributed by atoms with Crippen molar-refractivity contribution in [2.24, 2.45) is 0 Å². The molecule has 2 fully saturated rings. The van der Waals surface area contributed by atoms with E-state index in [0.29, 0.717) is 13.0 Å². The number of amides is 1. The first-order valence-electron chi connectivity index (χ1n) is 4.33. The third-order valence-electron chi connectivity index (χ3n) is 2.95. The van der Waals surface area contributed by atoms with E-state index in [1.807, 2.05) is 0 Å². The number of nitrogens with zero attached hydrogens (tertiary/aromatic N) is 1. The van der Waals surface area contributed by atoms with Gasteiger partial charge in [-0.15, -0.1) is 0 Å². The lowest BCUT2D eigenvalue weighted by Crippen LogP contribution is -2.35. The largest absolute Gasteiger partial charge is 0.465 e. The lowest BCUT2D eigenvalue weighted by Gasteiger charge is -2.25. The molecule has 1 saturated carbocycles. The summed E-state index contributed by atoms with van der Waals surface area (Å²) in [4.78, 5) is 12.1. The highest BCUT2D eigenvalue weighted by Gasteiger charge is 2.47. The number of hydrogen-bond acceptors (Lipinski definition) is 2. The third-order valence-corrected chi connectivity index (χ3v) is 2.95. The molecule has 2 N–H and O–H groups in total. The molecule has 0 radical (unpaired) electrons. The number of β-amino-alcohol motifs (C(OH)–C–C–N with tert-alkyl or cyclic N) is 1. The van der Waals surface area contributed by atoms with E-state index < -0.39 is 11.7 Å². The summed E-state index contributed by atoms with van der Waals surface area (Å²) in [5.74, 6) is 0. The summed E-state index contributed by atoms with van der Waals surface area (Å²) in [5, 5.41) is 18.6. The van der Waals surface area contributed by atoms with Crippen LogP contribution in [0.1, 0.15) is 25.7 Å². The summed E-state index contributed by atoms with van der Waals surface area (Å²) in [6.07, 6.45) is 2.37. The van der Waals surface area contributed by atoms with Gasteiger partial charge in [-0.25, -0.2) is 4.79 Å². The van der Waals surface area contributed by atoms with Gasteiger partial charge in [-0.05, 0) is 25.7 Å². The van der Waals surface area contributed by atoms with Crippen LogP contribution in [0.3, 0.4) is 0 Å². The van der Waals surface area contributed by atoms with Crippen molar-refractivity contribution in [2.45, 2.75) is 37.3 Å². The Bertz CT molecular complexity index is 218. The minimum absolute atomic E-state index is 0.0706. The summed E-state index contributed by atoms with van der Waals surface area (Å²) in [5.41, 5.74) is -0.707. The Balaban J connectivity index is 2.17. The summed E-state index contributed by atoms with van der Waals surface area (Å²) in [6, 6.07) is 0.0706. The molecule has 0 spiro atoms. The average Bonchev–Trinajstić information content (AvgIpc) is 2.22. The SMILES string of the molecule is O=C(O)N1CC2(O)CCCC1C2. The second-order valence-electron chi connectivity index (χ2n) is 3.88. The molecule has 0 aromatic carbocycles. The van der Waals surface area contributed by atoms with Gasteiger partial charge in [0, 0.05) is 6.04 Å². The highest BCUT2D eigenvalue weighted by Crippen LogP contribution is 2.38. The van der Waals surface area contributed by atoms with Crippen LogP contribution in [-0.2, 0) is 0 Å². The van der Waals surface area contributed by atoms with Gasteiger partial charge in [0.25, 0.3) is 0 Å². The first-order valence-corrected chi connectivity index (χ1v) is 4.33. The maximum atomic E-state index is 10.7. The second-order valence-corrected chi connectivity index (χ2v) is 3.88. The van der Waals surface area contributed by atoms with Gasteiger partial charge >= 0.3 is 6.09 Å². The minimum Gasteiger partial charge on any atom is -0.465 e. The van der Waals surface area contributed by atoms with Gasteiger partial charge in [-0.3, -0.25) is 0 Å². The molecule has 12 heavy (non-hydrogen) atoms. The van der Waals surface area contributed by atoms with Crippen molar-refractivity contribution < 1.29 is 15.0 Å². The minimum atomic E-state index is -0.891. The fourth-order valence-corrected chi connectivity index (χ4v) is 2.39. The third kappa shape index (κ3) is 1.06. The van der Waals surface area contributed by atoms with Crippen molar-refractivity contribution in [1.29, 1.82) is 0 Å². The van der Waals surface area contributed by atoms with Gasteiger partial charge in [0.2, 0.25) is 0 Å². The summed E-state index contributed by atoms with van der Waals surface area (Å²) < 4.78 is 0. The van der Waals surface area contributed by atoms with Gasteiger partial charge in [-0.1, -0.05) is 0 Å². The number of hydrogen-bond donors (Lipinski definition) is 2. The normalized spacial score (nSPS) is 40.1. The van der Waals surface area contributed by atoms with Crippen LogP contribution in [0.15, 0.2) is 0 Å². The highest BCUT2D eigenvalue weighted by molar-refractivity contribution is 5.66. The molecule has 1 heterocycles. The maximum absolute atomic E-state index is 10.7. The van der Waals surface area contributed by atoms with E-state index in [9.17, 15) is 9.90 Å². The molecule has 68 valence electrons. The van der Waals surface area contributed by atoms with Crippen molar-refractivity contribution in [3.63, 3.8) is 0 Å². The van der Waals surface area contributed by atoms with Gasteiger partial charge < -0.3 is 15.1 Å². The molecule has 2 rings (SSSR count). The molecule has 2 aliphatic rings. The predicted octanol–water partition coefficient (Wildman–Crippen LogP) is 0.654. The van der Waals surface area contributed by atoms with Crippen molar-refractivity contribution in [2.75, 3.05) is 6.54 Å². The van der Waals surface area contributed by atoms with Crippen LogP contribution in [-0.4, -0.2) is 39.4 Å². The number of carbonyl (C=O) groups is 1. The van der Waals surface area contributed by atoms with Crippen LogP contribution in [0.4, 0.5) is 4.79 Å². The fourth-order valence-electron chi connectivity index (χ4n) is 2.39. The Morgan fingerprint density at radius 1 is 1.58 bits per heavy atom. The zero-order valence-electron chi connectivity index (χ0n) is 6.86. The predicted molar refractivity (Wildman–Crippen MR) is 41.9 cm³/mol. The van der Waals surface area contributed by atoms with E-state index >= 15 is 0 Å². The molecule has 2 unspecified atom stereocenters. The molecule has 0 aromatic rings. The van der Waals surface area contributed by atoms with Crippen molar-refractivity contribution in [1.82, 2.24) is 4.90 Å². The van der Waals surface area contributed by atoms with Crippen molar-refractivity contribution >= 4 is 6.09 Å². The molecule has 2 atom stereocenters. The zero-order chi connectivity index (χ0) is 8.77. The molecule has 0 aromatic heterocycles. The summed E-state index contributed by atoms with van der Waals surface area (Å²) in [6.45, 7) is 0.312. The molecule has 4 nitrogen and oxygen atoms in total. The fraction of sp³-hybridized carbons (Fsp3) is 0.875. The Morgan fingerprint density at radius 2 is 2.33 bits per heavy atom. The highest BCUT2D eigenvalue weighted by atomic mass is 16.4. The molecule has 1 aliphatic carbocycles. The van der Waals surface area contributed by atoms with Crippen LogP contribution in [0.5, 0.6) is 0 Å². The number of aliphatic hydroxyl groups is 1. The summed E-state index contributed by atoms with van der Waals surface area (Å²) >= 11 is 0. The lowest BCUT2D eigenvalue weighted by atomic mass is 9.86. The van der Waals surface area contributed by atoms with Gasteiger partial charge in [0.05, 0.1) is 12.1 Å². The number of carboxylic acid groups (broad SMARTS) is 1. The Hall–Kier alpha value is -0.770. The van der Waals surface area contributed by atoms with Crippen molar-refractivity contribution in [3.05, 3.63) is 0 Å². The quantitative estimate of drug-likeness (QED) is 0.562. The smallest absolute Gasteiger partial charge is 0.407 e. The molecule has 1 aliphatic heterocycles. The zero-order valence-corrected chi connectivity index (χ0v) is 6.86. The van der Waals surface area contributed by atoms with E-state index in [1.54, 1.807) is 0 Å². The molecular weight excluding hydrogens is 158 g/mol. The molecule has 4 heteroatoms. The maximum Gasteiger partial charge on any atom is 0.407 e. The number of fused-ring (bicyclic) bond motifs is 2. The van der Waals surface area contributed by atoms with E-state index in [1.165, 1.54) is 4.90 Å². The van der Waals surface area contributed by atoms with Gasteiger partial charge in [0.15, 0.2) is 0 Å². The van der Waals surface area contributed by atoms with Crippen LogP contribution < -0.4 is 0 Å². The summed E-state index contributed by atoms with van der Waals surface area (Å²) in [7, 11) is 0. The lowest BCUT2D eigenvalue weighted by molar-refractivity contribution is 0.0338. The van der Waals surface area contributed by atoms with E-state index in [0.717, 1.165) is 19.3 Å². The first kappa shape index (κ1) is 7.86. The van der Waals surface area contributed by atoms with E-state index in [2.05, 4.69) is 0 Å². The van der Waals surface area contributed by atoms with Crippen LogP contribution in [0.2, 0.25) is 0 Å². The monoisotopic (exact) mass is 171 g/mol. The van der Waals surface area contributed by atoms with Crippen LogP contribution in [0.25, 0.3) is 0 Å². The topological polar surface area (TPSA) is 60.8 Å². The molecular formula is C8H13NO3. The Labute approximate surface area is 70.8 Å². The van der Waals surface area contributed by atoms with Gasteiger partial charge in [0.1, 0.15) is 0 Å². The molecule has 2 bridgehead atoms. The Morgan fingerprint density at radius 3 is 2.92 bits per heavy atom. The number of rotatable bonds is 0. The standard InChI is InChI=1S/C8H13NO3/c10-7(11)9-5-8(12)3-1-2-6(9)4-8/h6,12H,1-5H2,(H,10,11). The van der Waals surface area contributed by atoms with Crippen LogP contribution in [0, 0.1) is 0 Å². The Kier molecular flexibility index (Phi) is 1.54. The average molecular weight is 171 g/mol.